The SMILES string of the molecule is CSCC[C@H](NC(=O)c1cc(N(C[C@@H]2C[C@H](SC(c3ccccc3)(c3ccccc3)c3ccccc3)CN2)C(=O)OC(C)(C)C)ccc1CCc1ccc(F)cc1)C(O)Cc1ccccc1F. The molecule has 1 unspecified atom stereocenters. The summed E-state index contributed by atoms with van der Waals surface area (Å²) in [5, 5.41) is 18.5. The maximum atomic E-state index is 14.8. The minimum atomic E-state index is -1.07. The number of carbonyl (C=O) groups excluding carboxylic acids is 2. The molecule has 0 aliphatic carbocycles. The van der Waals surface area contributed by atoms with Crippen LogP contribution in [0.2, 0.25) is 0 Å². The Balaban J connectivity index is 1.20. The van der Waals surface area contributed by atoms with E-state index in [2.05, 4.69) is 83.4 Å². The number of hydrogen-bond acceptors (Lipinski definition) is 7. The van der Waals surface area contributed by atoms with Crippen molar-refractivity contribution < 1.29 is 28.2 Å². The number of halogens is 2. The molecule has 1 saturated heterocycles. The molecule has 4 atom stereocenters. The van der Waals surface area contributed by atoms with E-state index in [1.165, 1.54) is 34.9 Å². The zero-order chi connectivity index (χ0) is 47.4. The van der Waals surface area contributed by atoms with Crippen molar-refractivity contribution in [3.05, 3.63) is 208 Å². The molecule has 0 spiro atoms. The zero-order valence-corrected chi connectivity index (χ0v) is 40.3. The van der Waals surface area contributed by atoms with Gasteiger partial charge in [-0.3, -0.25) is 9.69 Å². The van der Waals surface area contributed by atoms with E-state index in [9.17, 15) is 23.5 Å². The van der Waals surface area contributed by atoms with Crippen LogP contribution in [0.5, 0.6) is 0 Å². The summed E-state index contributed by atoms with van der Waals surface area (Å²) in [7, 11) is 0. The number of ether oxygens (including phenoxy) is 1. The predicted molar refractivity (Wildman–Crippen MR) is 271 cm³/mol. The van der Waals surface area contributed by atoms with E-state index < -0.39 is 40.3 Å². The summed E-state index contributed by atoms with van der Waals surface area (Å²) in [6.45, 7) is 6.47. The Morgan fingerprint density at radius 1 is 0.791 bits per heavy atom. The largest absolute Gasteiger partial charge is 0.443 e. The number of thioether (sulfide) groups is 2. The third-order valence-corrected chi connectivity index (χ3v) is 14.5. The molecular weight excluding hydrogens is 881 g/mol. The van der Waals surface area contributed by atoms with Crippen LogP contribution < -0.4 is 15.5 Å². The molecule has 7 rings (SSSR count). The molecule has 2 amide bonds. The second kappa shape index (κ2) is 23.0. The molecule has 6 aromatic rings. The van der Waals surface area contributed by atoms with Crippen molar-refractivity contribution in [2.75, 3.05) is 30.0 Å². The van der Waals surface area contributed by atoms with Gasteiger partial charge < -0.3 is 20.5 Å². The number of hydrogen-bond donors (Lipinski definition) is 3. The summed E-state index contributed by atoms with van der Waals surface area (Å²) in [4.78, 5) is 30.7. The Morgan fingerprint density at radius 3 is 1.97 bits per heavy atom. The Morgan fingerprint density at radius 2 is 1.39 bits per heavy atom. The Labute approximate surface area is 403 Å². The lowest BCUT2D eigenvalue weighted by Crippen LogP contribution is -2.45. The van der Waals surface area contributed by atoms with E-state index in [0.717, 1.165) is 17.5 Å². The summed E-state index contributed by atoms with van der Waals surface area (Å²) in [6, 6.07) is 49.1. The number of benzene rings is 6. The number of amides is 2. The van der Waals surface area contributed by atoms with Crippen LogP contribution in [0.15, 0.2) is 158 Å². The smallest absolute Gasteiger partial charge is 0.414 e. The van der Waals surface area contributed by atoms with Crippen molar-refractivity contribution in [1.29, 1.82) is 0 Å². The molecule has 11 heteroatoms. The highest BCUT2D eigenvalue weighted by Crippen LogP contribution is 2.51. The number of anilines is 1. The zero-order valence-electron chi connectivity index (χ0n) is 38.7. The summed E-state index contributed by atoms with van der Waals surface area (Å²) in [6.07, 6.45) is 2.54. The van der Waals surface area contributed by atoms with Gasteiger partial charge in [-0.2, -0.15) is 11.8 Å². The lowest BCUT2D eigenvalue weighted by Gasteiger charge is -2.37. The topological polar surface area (TPSA) is 90.9 Å². The highest BCUT2D eigenvalue weighted by Gasteiger charge is 2.42. The van der Waals surface area contributed by atoms with Crippen molar-refractivity contribution in [1.82, 2.24) is 10.6 Å². The molecule has 1 fully saturated rings. The first-order valence-corrected chi connectivity index (χ1v) is 25.3. The second-order valence-electron chi connectivity index (χ2n) is 18.1. The van der Waals surface area contributed by atoms with Gasteiger partial charge in [-0.25, -0.2) is 13.6 Å². The van der Waals surface area contributed by atoms with E-state index in [-0.39, 0.29) is 30.1 Å². The second-order valence-corrected chi connectivity index (χ2v) is 20.6. The molecule has 0 bridgehead atoms. The lowest BCUT2D eigenvalue weighted by atomic mass is 9.84. The molecule has 1 aliphatic rings. The normalized spacial score (nSPS) is 16.0. The van der Waals surface area contributed by atoms with Crippen molar-refractivity contribution in [3.8, 4) is 0 Å². The first-order chi connectivity index (χ1) is 32.3. The maximum absolute atomic E-state index is 14.8. The molecule has 350 valence electrons. The van der Waals surface area contributed by atoms with Crippen LogP contribution in [0.3, 0.4) is 0 Å². The van der Waals surface area contributed by atoms with Gasteiger partial charge in [-0.15, -0.1) is 11.8 Å². The Kier molecular flexibility index (Phi) is 17.0. The van der Waals surface area contributed by atoms with Crippen LogP contribution in [0.25, 0.3) is 0 Å². The summed E-state index contributed by atoms with van der Waals surface area (Å²) in [5.74, 6) is -0.516. The molecule has 1 aliphatic heterocycles. The van der Waals surface area contributed by atoms with Crippen LogP contribution in [-0.2, 0) is 28.7 Å². The molecule has 6 aromatic carbocycles. The van der Waals surface area contributed by atoms with Crippen LogP contribution in [0.4, 0.5) is 19.3 Å². The van der Waals surface area contributed by atoms with Gasteiger partial charge in [-0.05, 0) is 122 Å². The van der Waals surface area contributed by atoms with Crippen molar-refractivity contribution >= 4 is 41.2 Å². The first-order valence-electron chi connectivity index (χ1n) is 23.0. The highest BCUT2D eigenvalue weighted by molar-refractivity contribution is 8.01. The lowest BCUT2D eigenvalue weighted by molar-refractivity contribution is 0.0577. The third-order valence-electron chi connectivity index (χ3n) is 12.1. The van der Waals surface area contributed by atoms with Crippen molar-refractivity contribution in [3.63, 3.8) is 0 Å². The molecular formula is C56H61F2N3O4S2. The van der Waals surface area contributed by atoms with Crippen LogP contribution in [-0.4, -0.2) is 71.2 Å². The highest BCUT2D eigenvalue weighted by atomic mass is 32.2. The molecule has 3 N–H and O–H groups in total. The average molecular weight is 942 g/mol. The fourth-order valence-electron chi connectivity index (χ4n) is 8.78. The molecule has 7 nitrogen and oxygen atoms in total. The molecule has 0 aromatic heterocycles. The van der Waals surface area contributed by atoms with Crippen LogP contribution >= 0.6 is 23.5 Å². The van der Waals surface area contributed by atoms with E-state index in [4.69, 9.17) is 4.74 Å². The standard InChI is InChI=1S/C56H61F2N3O4S2/c1-55(2,3)65-54(64)61(38-46-35-48(37-59-46)67-56(42-17-8-5-9-18-42,43-19-10-6-11-20-43)44-21-12-7-13-22-44)47-31-28-40(27-24-39-25-29-45(57)30-26-39)49(36-47)53(63)60-51(32-33-66-4)52(62)34-41-16-14-15-23-50(41)58/h5-23,25-26,28-31,36,46,48,51-52,59,62H,24,27,32-35,37-38H2,1-4H3,(H,60,63)/t46-,48-,51-,52?/m0/s1. The van der Waals surface area contributed by atoms with Crippen LogP contribution in [0, 0.1) is 11.6 Å². The number of aryl methyl sites for hydroxylation is 2. The number of nitrogens with zero attached hydrogens (tertiary/aromatic N) is 1. The molecule has 1 heterocycles. The summed E-state index contributed by atoms with van der Waals surface area (Å²) in [5.41, 5.74) is 5.55. The molecule has 0 radical (unpaired) electrons. The van der Waals surface area contributed by atoms with Crippen molar-refractivity contribution in [2.45, 2.75) is 86.7 Å². The number of aliphatic hydroxyl groups is 1. The third kappa shape index (κ3) is 13.0. The number of rotatable bonds is 19. The number of aliphatic hydroxyl groups excluding tert-OH is 1. The van der Waals surface area contributed by atoms with Gasteiger partial charge >= 0.3 is 6.09 Å². The van der Waals surface area contributed by atoms with Crippen molar-refractivity contribution in [2.24, 2.45) is 0 Å². The minimum absolute atomic E-state index is 0.0206. The van der Waals surface area contributed by atoms with Gasteiger partial charge in [0, 0.05) is 42.1 Å². The first kappa shape index (κ1) is 49.4. The Bertz CT molecular complexity index is 2430. The average Bonchev–Trinajstić information content (AvgIpc) is 3.78. The maximum Gasteiger partial charge on any atom is 0.414 e. The van der Waals surface area contributed by atoms with Gasteiger partial charge in [0.2, 0.25) is 0 Å². The predicted octanol–water partition coefficient (Wildman–Crippen LogP) is 11.4. The van der Waals surface area contributed by atoms with Gasteiger partial charge in [0.1, 0.15) is 17.2 Å². The minimum Gasteiger partial charge on any atom is -0.443 e. The summed E-state index contributed by atoms with van der Waals surface area (Å²) < 4.78 is 34.1. The van der Waals surface area contributed by atoms with Gasteiger partial charge in [0.25, 0.3) is 5.91 Å². The fourth-order valence-corrected chi connectivity index (χ4v) is 11.1. The number of nitrogens with one attached hydrogen (secondary N) is 2. The summed E-state index contributed by atoms with van der Waals surface area (Å²) >= 11 is 3.51. The van der Waals surface area contributed by atoms with Crippen LogP contribution in [0.1, 0.15) is 77.4 Å². The fraction of sp³-hybridized carbons (Fsp3) is 0.321. The van der Waals surface area contributed by atoms with Gasteiger partial charge in [-0.1, -0.05) is 127 Å². The van der Waals surface area contributed by atoms with E-state index in [1.807, 2.05) is 69.1 Å². The Hall–Kier alpha value is -5.46. The molecule has 0 saturated carbocycles. The van der Waals surface area contributed by atoms with E-state index in [1.54, 1.807) is 53.1 Å². The van der Waals surface area contributed by atoms with E-state index >= 15 is 0 Å². The van der Waals surface area contributed by atoms with Gasteiger partial charge in [0.05, 0.1) is 16.9 Å². The molecule has 67 heavy (non-hydrogen) atoms. The monoisotopic (exact) mass is 941 g/mol. The van der Waals surface area contributed by atoms with E-state index in [0.29, 0.717) is 48.4 Å². The quantitative estimate of drug-likeness (QED) is 0.0697. The number of carbonyl (C=O) groups is 2. The van der Waals surface area contributed by atoms with Gasteiger partial charge in [0.15, 0.2) is 0 Å².